The van der Waals surface area contributed by atoms with E-state index in [9.17, 15) is 19.5 Å². The molecule has 1 aliphatic heterocycles. The normalized spacial score (nSPS) is 24.0. The molecule has 4 rings (SSSR count). The summed E-state index contributed by atoms with van der Waals surface area (Å²) in [6, 6.07) is 10.5. The molecule has 4 atom stereocenters. The number of rotatable bonds is 7. The molecule has 4 unspecified atom stereocenters. The number of carbonyl (C=O) groups is 3. The Bertz CT molecular complexity index is 1280. The number of aryl methyl sites for hydroxylation is 3. The smallest absolute Gasteiger partial charge is 0.330 e. The van der Waals surface area contributed by atoms with Gasteiger partial charge in [0.05, 0.1) is 12.0 Å². The Labute approximate surface area is 213 Å². The zero-order valence-corrected chi connectivity index (χ0v) is 22.0. The predicted molar refractivity (Wildman–Crippen MR) is 137 cm³/mol. The molecule has 0 bridgehead atoms. The molecular weight excluding hydrogens is 482 g/mol. The zero-order chi connectivity index (χ0) is 25.5. The molecule has 0 spiro atoms. The van der Waals surface area contributed by atoms with Gasteiger partial charge < -0.3 is 14.7 Å². The van der Waals surface area contributed by atoms with Gasteiger partial charge in [-0.1, -0.05) is 24.3 Å². The van der Waals surface area contributed by atoms with Crippen molar-refractivity contribution in [3.8, 4) is 0 Å². The van der Waals surface area contributed by atoms with Gasteiger partial charge in [-0.25, -0.2) is 4.79 Å². The number of aliphatic carboxylic acids is 1. The summed E-state index contributed by atoms with van der Waals surface area (Å²) in [5.74, 6) is -3.26. The van der Waals surface area contributed by atoms with Crippen LogP contribution in [0.2, 0.25) is 0 Å². The first-order valence-corrected chi connectivity index (χ1v) is 13.1. The van der Waals surface area contributed by atoms with Crippen molar-refractivity contribution in [3.63, 3.8) is 0 Å². The lowest BCUT2D eigenvalue weighted by Gasteiger charge is -2.37. The number of amides is 1. The minimum Gasteiger partial charge on any atom is -0.479 e. The Kier molecular flexibility index (Phi) is 6.99. The van der Waals surface area contributed by atoms with Crippen LogP contribution in [0, 0.1) is 26.7 Å². The van der Waals surface area contributed by atoms with E-state index in [2.05, 4.69) is 0 Å². The number of nitrogens with zero attached hydrogens (tertiary/aromatic N) is 1. The van der Waals surface area contributed by atoms with Crippen LogP contribution in [-0.2, 0) is 14.3 Å². The van der Waals surface area contributed by atoms with E-state index in [0.29, 0.717) is 5.56 Å². The third-order valence-corrected chi connectivity index (χ3v) is 9.31. The van der Waals surface area contributed by atoms with Gasteiger partial charge in [0.2, 0.25) is 5.91 Å². The van der Waals surface area contributed by atoms with Gasteiger partial charge in [0, 0.05) is 28.3 Å². The molecule has 2 aromatic heterocycles. The van der Waals surface area contributed by atoms with Crippen molar-refractivity contribution in [2.45, 2.75) is 45.2 Å². The average Bonchev–Trinajstić information content (AvgIpc) is 3.49. The van der Waals surface area contributed by atoms with Gasteiger partial charge in [-0.15, -0.1) is 22.7 Å². The van der Waals surface area contributed by atoms with Crippen molar-refractivity contribution in [1.82, 2.24) is 4.90 Å². The number of likely N-dealkylation sites (tertiary alicyclic amines) is 1. The summed E-state index contributed by atoms with van der Waals surface area (Å²) < 4.78 is 5.17. The number of hydrogen-bond donors (Lipinski definition) is 1. The quantitative estimate of drug-likeness (QED) is 0.430. The molecule has 8 heteroatoms. The summed E-state index contributed by atoms with van der Waals surface area (Å²) in [7, 11) is 1.41. The summed E-state index contributed by atoms with van der Waals surface area (Å²) in [4.78, 5) is 44.1. The Morgan fingerprint density at radius 3 is 2.09 bits per heavy atom. The lowest BCUT2D eigenvalue weighted by molar-refractivity contribution is -0.159. The number of ketones is 1. The summed E-state index contributed by atoms with van der Waals surface area (Å²) >= 11 is 2.88. The Hall–Kier alpha value is -2.81. The van der Waals surface area contributed by atoms with Crippen LogP contribution in [0.1, 0.15) is 55.7 Å². The van der Waals surface area contributed by atoms with Crippen LogP contribution < -0.4 is 0 Å². The summed E-state index contributed by atoms with van der Waals surface area (Å²) in [5.41, 5.74) is 1.55. The van der Waals surface area contributed by atoms with E-state index in [0.717, 1.165) is 26.4 Å². The monoisotopic (exact) mass is 511 g/mol. The van der Waals surface area contributed by atoms with Gasteiger partial charge >= 0.3 is 5.97 Å². The van der Waals surface area contributed by atoms with E-state index in [-0.39, 0.29) is 12.4 Å². The zero-order valence-electron chi connectivity index (χ0n) is 20.4. The molecule has 1 aromatic carbocycles. The first-order valence-electron chi connectivity index (χ1n) is 11.4. The van der Waals surface area contributed by atoms with Crippen LogP contribution in [0.3, 0.4) is 0 Å². The number of carboxylic acids is 1. The molecule has 1 fully saturated rings. The third kappa shape index (κ3) is 4.03. The van der Waals surface area contributed by atoms with Crippen molar-refractivity contribution in [3.05, 3.63) is 79.2 Å². The highest BCUT2D eigenvalue weighted by atomic mass is 32.1. The molecule has 35 heavy (non-hydrogen) atoms. The SMILES string of the molecule is COCC(=O)N1C(c2sccc2C)C(C(=O)c2ccccc2C)C(c2sccc2C)C1(C)C(=O)O. The van der Waals surface area contributed by atoms with Gasteiger partial charge in [-0.3, -0.25) is 9.59 Å². The molecule has 0 radical (unpaired) electrons. The Balaban J connectivity index is 2.06. The fourth-order valence-corrected chi connectivity index (χ4v) is 7.65. The molecule has 1 saturated heterocycles. The first-order chi connectivity index (χ1) is 16.6. The molecule has 0 saturated carbocycles. The van der Waals surface area contributed by atoms with Crippen LogP contribution in [0.15, 0.2) is 47.2 Å². The van der Waals surface area contributed by atoms with Gasteiger partial charge in [-0.05, 0) is 67.3 Å². The van der Waals surface area contributed by atoms with Crippen LogP contribution in [0.5, 0.6) is 0 Å². The highest BCUT2D eigenvalue weighted by molar-refractivity contribution is 7.10. The third-order valence-electron chi connectivity index (χ3n) is 7.12. The lowest BCUT2D eigenvalue weighted by Crippen LogP contribution is -2.55. The van der Waals surface area contributed by atoms with Crippen molar-refractivity contribution in [1.29, 1.82) is 0 Å². The first kappa shape index (κ1) is 25.3. The molecule has 1 aliphatic rings. The number of benzene rings is 1. The van der Waals surface area contributed by atoms with E-state index < -0.39 is 35.3 Å². The Morgan fingerprint density at radius 1 is 0.971 bits per heavy atom. The van der Waals surface area contributed by atoms with Gasteiger partial charge in [0.1, 0.15) is 12.1 Å². The van der Waals surface area contributed by atoms with Gasteiger partial charge in [-0.2, -0.15) is 0 Å². The van der Waals surface area contributed by atoms with Crippen molar-refractivity contribution >= 4 is 40.3 Å². The standard InChI is InChI=1S/C27H29NO5S2/c1-15-8-6-7-9-18(15)23(30)20-21(24-16(2)10-12-34-24)27(4,26(31)32)28(19(29)14-33-5)22(20)25-17(3)11-13-35-25/h6-13,20-22H,14H2,1-5H3,(H,31,32). The fraction of sp³-hybridized carbons (Fsp3) is 0.370. The maximum Gasteiger partial charge on any atom is 0.330 e. The Morgan fingerprint density at radius 2 is 1.57 bits per heavy atom. The van der Waals surface area contributed by atoms with Crippen LogP contribution in [0.4, 0.5) is 0 Å². The molecule has 3 heterocycles. The number of hydrogen-bond acceptors (Lipinski definition) is 6. The summed E-state index contributed by atoms with van der Waals surface area (Å²) in [6.45, 7) is 7.04. The molecule has 6 nitrogen and oxygen atoms in total. The maximum absolute atomic E-state index is 14.4. The van der Waals surface area contributed by atoms with Crippen LogP contribution >= 0.6 is 22.7 Å². The van der Waals surface area contributed by atoms with E-state index in [1.807, 2.05) is 61.9 Å². The van der Waals surface area contributed by atoms with E-state index >= 15 is 0 Å². The fourth-order valence-electron chi connectivity index (χ4n) is 5.39. The van der Waals surface area contributed by atoms with E-state index in [1.54, 1.807) is 13.0 Å². The lowest BCUT2D eigenvalue weighted by atomic mass is 9.74. The van der Waals surface area contributed by atoms with Crippen molar-refractivity contribution in [2.75, 3.05) is 13.7 Å². The molecular formula is C27H29NO5S2. The molecule has 0 aliphatic carbocycles. The summed E-state index contributed by atoms with van der Waals surface area (Å²) in [6.07, 6.45) is 0. The number of Topliss-reactive ketones (excluding diaryl/α,β-unsaturated/α-hetero) is 1. The van der Waals surface area contributed by atoms with E-state index in [1.165, 1.54) is 34.7 Å². The second kappa shape index (κ2) is 9.68. The molecule has 184 valence electrons. The largest absolute Gasteiger partial charge is 0.479 e. The summed E-state index contributed by atoms with van der Waals surface area (Å²) in [5, 5.41) is 14.5. The minimum absolute atomic E-state index is 0.154. The van der Waals surface area contributed by atoms with Crippen molar-refractivity contribution in [2.24, 2.45) is 5.92 Å². The highest BCUT2D eigenvalue weighted by Gasteiger charge is 2.65. The van der Waals surface area contributed by atoms with Crippen LogP contribution in [-0.4, -0.2) is 46.9 Å². The number of ether oxygens (including phenoxy) is 1. The number of carbonyl (C=O) groups excluding carboxylic acids is 2. The maximum atomic E-state index is 14.4. The topological polar surface area (TPSA) is 83.9 Å². The van der Waals surface area contributed by atoms with Crippen LogP contribution in [0.25, 0.3) is 0 Å². The molecule has 1 amide bonds. The number of methoxy groups -OCH3 is 1. The second-order valence-electron chi connectivity index (χ2n) is 9.21. The highest BCUT2D eigenvalue weighted by Crippen LogP contribution is 2.59. The average molecular weight is 512 g/mol. The van der Waals surface area contributed by atoms with Gasteiger partial charge in [0.15, 0.2) is 5.78 Å². The van der Waals surface area contributed by atoms with E-state index in [4.69, 9.17) is 4.74 Å². The van der Waals surface area contributed by atoms with Gasteiger partial charge in [0.25, 0.3) is 0 Å². The number of thiophene rings is 2. The minimum atomic E-state index is -1.66. The number of carboxylic acid groups (broad SMARTS) is 1. The second-order valence-corrected chi connectivity index (χ2v) is 11.1. The molecule has 1 N–H and O–H groups in total. The van der Waals surface area contributed by atoms with Crippen molar-refractivity contribution < 1.29 is 24.2 Å². The predicted octanol–water partition coefficient (Wildman–Crippen LogP) is 5.39. The molecule has 3 aromatic rings.